The van der Waals surface area contributed by atoms with Gasteiger partial charge in [-0.15, -0.1) is 0 Å². The van der Waals surface area contributed by atoms with Gasteiger partial charge in [-0.2, -0.15) is 0 Å². The SMILES string of the molecule is CC.Cc1c2c(n(C)c1C)CCC(CN)C2=O. The summed E-state index contributed by atoms with van der Waals surface area (Å²) in [5.74, 6) is 0.290. The molecule has 3 nitrogen and oxygen atoms in total. The Bertz CT molecular complexity index is 418. The van der Waals surface area contributed by atoms with Crippen molar-refractivity contribution in [1.29, 1.82) is 0 Å². The summed E-state index contributed by atoms with van der Waals surface area (Å²) in [5, 5.41) is 0. The van der Waals surface area contributed by atoms with Crippen LogP contribution in [0.3, 0.4) is 0 Å². The minimum Gasteiger partial charge on any atom is -0.351 e. The Balaban J connectivity index is 0.000000686. The zero-order valence-corrected chi connectivity index (χ0v) is 11.6. The maximum absolute atomic E-state index is 12.1. The van der Waals surface area contributed by atoms with Crippen molar-refractivity contribution in [3.63, 3.8) is 0 Å². The average molecular weight is 236 g/mol. The fraction of sp³-hybridized carbons (Fsp3) is 0.643. The topological polar surface area (TPSA) is 48.0 Å². The van der Waals surface area contributed by atoms with E-state index in [0.717, 1.165) is 24.0 Å². The molecule has 0 amide bonds. The molecule has 0 aliphatic heterocycles. The van der Waals surface area contributed by atoms with Gasteiger partial charge in [-0.25, -0.2) is 0 Å². The van der Waals surface area contributed by atoms with Crippen molar-refractivity contribution < 1.29 is 4.79 Å². The van der Waals surface area contributed by atoms with Crippen LogP contribution in [0, 0.1) is 19.8 Å². The molecular formula is C14H24N2O. The number of ketones is 1. The van der Waals surface area contributed by atoms with Crippen molar-refractivity contribution in [1.82, 2.24) is 4.57 Å². The number of hydrogen-bond donors (Lipinski definition) is 1. The molecule has 96 valence electrons. The molecule has 3 heteroatoms. The Morgan fingerprint density at radius 3 is 2.47 bits per heavy atom. The number of carbonyl (C=O) groups is 1. The molecule has 1 aromatic rings. The predicted octanol–water partition coefficient (Wildman–Crippen LogP) is 2.37. The lowest BCUT2D eigenvalue weighted by Crippen LogP contribution is -2.29. The second-order valence-electron chi connectivity index (χ2n) is 4.43. The van der Waals surface area contributed by atoms with Crippen molar-refractivity contribution in [2.24, 2.45) is 18.7 Å². The monoisotopic (exact) mass is 236 g/mol. The third kappa shape index (κ3) is 2.16. The quantitative estimate of drug-likeness (QED) is 0.813. The van der Waals surface area contributed by atoms with Crippen LogP contribution in [0.15, 0.2) is 0 Å². The van der Waals surface area contributed by atoms with Gasteiger partial charge in [-0.3, -0.25) is 4.79 Å². The van der Waals surface area contributed by atoms with Crippen LogP contribution in [0.4, 0.5) is 0 Å². The van der Waals surface area contributed by atoms with Gasteiger partial charge in [0.2, 0.25) is 0 Å². The summed E-state index contributed by atoms with van der Waals surface area (Å²) < 4.78 is 2.15. The van der Waals surface area contributed by atoms with Crippen molar-refractivity contribution in [3.05, 3.63) is 22.5 Å². The molecule has 1 unspecified atom stereocenters. The van der Waals surface area contributed by atoms with E-state index in [2.05, 4.69) is 11.5 Å². The van der Waals surface area contributed by atoms with Gasteiger partial charge >= 0.3 is 0 Å². The number of Topliss-reactive ketones (excluding diaryl/α,β-unsaturated/α-hetero) is 1. The molecular weight excluding hydrogens is 212 g/mol. The first-order valence-electron chi connectivity index (χ1n) is 6.47. The predicted molar refractivity (Wildman–Crippen MR) is 71.4 cm³/mol. The third-order valence-electron chi connectivity index (χ3n) is 3.75. The summed E-state index contributed by atoms with van der Waals surface area (Å²) >= 11 is 0. The van der Waals surface area contributed by atoms with Gasteiger partial charge in [-0.05, 0) is 32.3 Å². The lowest BCUT2D eigenvalue weighted by molar-refractivity contribution is 0.0906. The van der Waals surface area contributed by atoms with E-state index < -0.39 is 0 Å². The highest BCUT2D eigenvalue weighted by Crippen LogP contribution is 2.30. The van der Waals surface area contributed by atoms with Gasteiger partial charge < -0.3 is 10.3 Å². The summed E-state index contributed by atoms with van der Waals surface area (Å²) in [6.07, 6.45) is 1.88. The van der Waals surface area contributed by atoms with E-state index in [0.29, 0.717) is 6.54 Å². The number of nitrogens with two attached hydrogens (primary N) is 1. The molecule has 0 saturated carbocycles. The number of carbonyl (C=O) groups excluding carboxylic acids is 1. The molecule has 0 radical (unpaired) electrons. The van der Waals surface area contributed by atoms with E-state index in [1.807, 2.05) is 27.8 Å². The first-order valence-corrected chi connectivity index (χ1v) is 6.47. The number of aromatic nitrogens is 1. The third-order valence-corrected chi connectivity index (χ3v) is 3.75. The second-order valence-corrected chi connectivity index (χ2v) is 4.43. The number of hydrogen-bond acceptors (Lipinski definition) is 2. The summed E-state index contributed by atoms with van der Waals surface area (Å²) in [5.41, 5.74) is 10.1. The van der Waals surface area contributed by atoms with Gasteiger partial charge in [0.1, 0.15) is 0 Å². The van der Waals surface area contributed by atoms with Gasteiger partial charge in [0.05, 0.1) is 0 Å². The molecule has 0 spiro atoms. The summed E-state index contributed by atoms with van der Waals surface area (Å²) in [6.45, 7) is 8.58. The molecule has 1 aliphatic rings. The number of nitrogens with zero attached hydrogens (tertiary/aromatic N) is 1. The van der Waals surface area contributed by atoms with Crippen LogP contribution >= 0.6 is 0 Å². The number of rotatable bonds is 1. The highest BCUT2D eigenvalue weighted by atomic mass is 16.1. The van der Waals surface area contributed by atoms with Crippen LogP contribution in [0.1, 0.15) is 47.6 Å². The van der Waals surface area contributed by atoms with E-state index >= 15 is 0 Å². The van der Waals surface area contributed by atoms with Crippen LogP contribution in [0.5, 0.6) is 0 Å². The Morgan fingerprint density at radius 1 is 1.35 bits per heavy atom. The Kier molecular flexibility index (Phi) is 4.52. The molecule has 1 atom stereocenters. The summed E-state index contributed by atoms with van der Waals surface area (Å²) in [4.78, 5) is 12.1. The molecule has 1 aliphatic carbocycles. The van der Waals surface area contributed by atoms with Crippen molar-refractivity contribution in [3.8, 4) is 0 Å². The van der Waals surface area contributed by atoms with Crippen molar-refractivity contribution >= 4 is 5.78 Å². The first kappa shape index (κ1) is 14.0. The molecule has 17 heavy (non-hydrogen) atoms. The van der Waals surface area contributed by atoms with E-state index in [-0.39, 0.29) is 11.7 Å². The average Bonchev–Trinajstić information content (AvgIpc) is 2.58. The lowest BCUT2D eigenvalue weighted by Gasteiger charge is -2.20. The largest absolute Gasteiger partial charge is 0.351 e. The zero-order chi connectivity index (χ0) is 13.2. The minimum atomic E-state index is 0.0398. The molecule has 2 rings (SSSR count). The van der Waals surface area contributed by atoms with Gasteiger partial charge in [0.25, 0.3) is 0 Å². The standard InChI is InChI=1S/C12H18N2O.C2H6/c1-7-8(2)14(3)10-5-4-9(6-13)12(15)11(7)10;1-2/h9H,4-6,13H2,1-3H3;1-2H3. The van der Waals surface area contributed by atoms with E-state index in [4.69, 9.17) is 5.73 Å². The van der Waals surface area contributed by atoms with Crippen LogP contribution in [-0.4, -0.2) is 16.9 Å². The smallest absolute Gasteiger partial charge is 0.169 e. The Labute approximate surface area is 104 Å². The molecule has 0 saturated heterocycles. The van der Waals surface area contributed by atoms with Crippen molar-refractivity contribution in [2.45, 2.75) is 40.5 Å². The molecule has 1 aromatic heterocycles. The second kappa shape index (κ2) is 5.50. The summed E-state index contributed by atoms with van der Waals surface area (Å²) in [6, 6.07) is 0. The molecule has 2 N–H and O–H groups in total. The maximum atomic E-state index is 12.1. The summed E-state index contributed by atoms with van der Waals surface area (Å²) in [7, 11) is 2.04. The highest BCUT2D eigenvalue weighted by molar-refractivity contribution is 6.01. The maximum Gasteiger partial charge on any atom is 0.169 e. The fourth-order valence-corrected chi connectivity index (χ4v) is 2.51. The van der Waals surface area contributed by atoms with Crippen LogP contribution in [-0.2, 0) is 13.5 Å². The van der Waals surface area contributed by atoms with Crippen LogP contribution in [0.25, 0.3) is 0 Å². The Morgan fingerprint density at radius 2 is 1.94 bits per heavy atom. The zero-order valence-electron chi connectivity index (χ0n) is 11.6. The highest BCUT2D eigenvalue weighted by Gasteiger charge is 2.31. The van der Waals surface area contributed by atoms with Crippen molar-refractivity contribution in [2.75, 3.05) is 6.54 Å². The fourth-order valence-electron chi connectivity index (χ4n) is 2.51. The van der Waals surface area contributed by atoms with Crippen LogP contribution in [0.2, 0.25) is 0 Å². The molecule has 0 bridgehead atoms. The first-order chi connectivity index (χ1) is 8.07. The molecule has 0 fully saturated rings. The van der Waals surface area contributed by atoms with E-state index in [9.17, 15) is 4.79 Å². The van der Waals surface area contributed by atoms with Gasteiger partial charge in [-0.1, -0.05) is 13.8 Å². The Hall–Kier alpha value is -1.09. The lowest BCUT2D eigenvalue weighted by atomic mass is 9.85. The van der Waals surface area contributed by atoms with Gasteiger partial charge in [0, 0.05) is 36.5 Å². The van der Waals surface area contributed by atoms with Crippen LogP contribution < -0.4 is 5.73 Å². The normalized spacial score (nSPS) is 18.5. The number of fused-ring (bicyclic) bond motifs is 1. The van der Waals surface area contributed by atoms with E-state index in [1.54, 1.807) is 0 Å². The molecule has 0 aromatic carbocycles. The van der Waals surface area contributed by atoms with E-state index in [1.165, 1.54) is 11.4 Å². The minimum absolute atomic E-state index is 0.0398. The molecule has 1 heterocycles. The van der Waals surface area contributed by atoms with Gasteiger partial charge in [0.15, 0.2) is 5.78 Å².